The molecule has 2 heterocycles. The molecule has 1 saturated heterocycles. The van der Waals surface area contributed by atoms with Crippen molar-refractivity contribution in [3.05, 3.63) is 20.5 Å². The van der Waals surface area contributed by atoms with Crippen molar-refractivity contribution in [2.75, 3.05) is 13.1 Å². The Labute approximate surface area is 126 Å². The summed E-state index contributed by atoms with van der Waals surface area (Å²) in [5, 5.41) is 10.8. The molecule has 112 valence electrons. The summed E-state index contributed by atoms with van der Waals surface area (Å²) in [6.45, 7) is 4.99. The molecule has 1 fully saturated rings. The lowest BCUT2D eigenvalue weighted by molar-refractivity contribution is -0.384. The van der Waals surface area contributed by atoms with Crippen LogP contribution in [0.5, 0.6) is 0 Å². The molecule has 0 spiro atoms. The van der Waals surface area contributed by atoms with E-state index in [1.165, 1.54) is 4.31 Å². The minimum Gasteiger partial charge on any atom is -0.258 e. The molecule has 0 N–H and O–H groups in total. The monoisotopic (exact) mass is 338 g/mol. The summed E-state index contributed by atoms with van der Waals surface area (Å²) >= 11 is 6.47. The third-order valence-corrected chi connectivity index (χ3v) is 7.39. The third kappa shape index (κ3) is 2.83. The fraction of sp³-hybridized carbons (Fsp3) is 0.636. The molecule has 2 unspecified atom stereocenters. The lowest BCUT2D eigenvalue weighted by atomic mass is 9.90. The number of rotatable bonds is 3. The van der Waals surface area contributed by atoms with Gasteiger partial charge in [-0.05, 0) is 18.3 Å². The van der Waals surface area contributed by atoms with Crippen LogP contribution >= 0.6 is 22.9 Å². The summed E-state index contributed by atoms with van der Waals surface area (Å²) in [7, 11) is -3.69. The Morgan fingerprint density at radius 3 is 2.60 bits per heavy atom. The highest BCUT2D eigenvalue weighted by Gasteiger charge is 2.34. The van der Waals surface area contributed by atoms with E-state index in [1.807, 2.05) is 6.92 Å². The standard InChI is InChI=1S/C11H15ClN2O4S2/c1-7-3-4-13(6-8(7)2)20(17,18)10-5-9(14(15)16)11(12)19-10/h5,7-8H,3-4,6H2,1-2H3. The molecular formula is C11H15ClN2O4S2. The van der Waals surface area contributed by atoms with Crippen molar-refractivity contribution in [1.82, 2.24) is 4.31 Å². The van der Waals surface area contributed by atoms with Crippen LogP contribution in [-0.4, -0.2) is 30.7 Å². The van der Waals surface area contributed by atoms with Gasteiger partial charge >= 0.3 is 0 Å². The van der Waals surface area contributed by atoms with Gasteiger partial charge in [0.05, 0.1) is 4.92 Å². The number of hydrogen-bond acceptors (Lipinski definition) is 5. The van der Waals surface area contributed by atoms with E-state index in [-0.39, 0.29) is 20.2 Å². The molecule has 9 heteroatoms. The van der Waals surface area contributed by atoms with Crippen molar-refractivity contribution in [2.45, 2.75) is 24.5 Å². The van der Waals surface area contributed by atoms with Crippen LogP contribution in [-0.2, 0) is 10.0 Å². The molecule has 0 saturated carbocycles. The molecule has 6 nitrogen and oxygen atoms in total. The maximum absolute atomic E-state index is 12.5. The number of halogens is 1. The number of thiophene rings is 1. The van der Waals surface area contributed by atoms with Crippen molar-refractivity contribution >= 4 is 38.6 Å². The maximum atomic E-state index is 12.5. The zero-order valence-corrected chi connectivity index (χ0v) is 13.5. The predicted octanol–water partition coefficient (Wildman–Crippen LogP) is 2.98. The van der Waals surface area contributed by atoms with E-state index in [0.717, 1.165) is 23.8 Å². The van der Waals surface area contributed by atoms with Gasteiger partial charge in [-0.2, -0.15) is 4.31 Å². The van der Waals surface area contributed by atoms with Crippen molar-refractivity contribution in [2.24, 2.45) is 11.8 Å². The minimum atomic E-state index is -3.69. The van der Waals surface area contributed by atoms with Gasteiger partial charge in [-0.1, -0.05) is 25.4 Å². The first kappa shape index (κ1) is 15.7. The van der Waals surface area contributed by atoms with Crippen LogP contribution in [0, 0.1) is 22.0 Å². The predicted molar refractivity (Wildman–Crippen MR) is 77.7 cm³/mol. The Kier molecular flexibility index (Phi) is 4.38. The van der Waals surface area contributed by atoms with Crippen LogP contribution in [0.15, 0.2) is 10.3 Å². The first-order valence-electron chi connectivity index (χ1n) is 6.17. The van der Waals surface area contributed by atoms with E-state index in [2.05, 4.69) is 6.92 Å². The fourth-order valence-electron chi connectivity index (χ4n) is 2.16. The van der Waals surface area contributed by atoms with Gasteiger partial charge in [0.25, 0.3) is 15.7 Å². The number of hydrogen-bond donors (Lipinski definition) is 0. The van der Waals surface area contributed by atoms with Gasteiger partial charge < -0.3 is 0 Å². The highest BCUT2D eigenvalue weighted by Crippen LogP contribution is 2.38. The summed E-state index contributed by atoms with van der Waals surface area (Å²) in [4.78, 5) is 10.1. The van der Waals surface area contributed by atoms with Gasteiger partial charge in [-0.25, -0.2) is 8.42 Å². The second kappa shape index (κ2) is 5.59. The Bertz CT molecular complexity index is 628. The first-order valence-corrected chi connectivity index (χ1v) is 8.80. The van der Waals surface area contributed by atoms with Crippen LogP contribution in [0.1, 0.15) is 20.3 Å². The summed E-state index contributed by atoms with van der Waals surface area (Å²) in [6.07, 6.45) is 0.793. The summed E-state index contributed by atoms with van der Waals surface area (Å²) in [5.74, 6) is 0.742. The van der Waals surface area contributed by atoms with Crippen molar-refractivity contribution in [3.63, 3.8) is 0 Å². The topological polar surface area (TPSA) is 80.5 Å². The third-order valence-electron chi connectivity index (χ3n) is 3.73. The molecule has 0 radical (unpaired) electrons. The van der Waals surface area contributed by atoms with E-state index in [4.69, 9.17) is 11.6 Å². The van der Waals surface area contributed by atoms with Gasteiger partial charge in [0.1, 0.15) is 4.21 Å². The van der Waals surface area contributed by atoms with Gasteiger partial charge in [0, 0.05) is 19.2 Å². The smallest absolute Gasteiger partial charge is 0.258 e. The highest BCUT2D eigenvalue weighted by atomic mass is 35.5. The first-order chi connectivity index (χ1) is 9.23. The zero-order valence-electron chi connectivity index (χ0n) is 11.1. The lowest BCUT2D eigenvalue weighted by Crippen LogP contribution is -2.41. The quantitative estimate of drug-likeness (QED) is 0.626. The van der Waals surface area contributed by atoms with Crippen LogP contribution in [0.3, 0.4) is 0 Å². The normalized spacial score (nSPS) is 24.8. The van der Waals surface area contributed by atoms with E-state index < -0.39 is 14.9 Å². The summed E-state index contributed by atoms with van der Waals surface area (Å²) in [5.41, 5.74) is -0.353. The average molecular weight is 339 g/mol. The molecule has 1 aromatic heterocycles. The van der Waals surface area contributed by atoms with Gasteiger partial charge in [0.15, 0.2) is 4.34 Å². The molecule has 0 aliphatic carbocycles. The molecule has 1 aliphatic heterocycles. The van der Waals surface area contributed by atoms with Crippen molar-refractivity contribution in [3.8, 4) is 0 Å². The maximum Gasteiger partial charge on any atom is 0.300 e. The Balaban J connectivity index is 2.31. The molecule has 2 rings (SSSR count). The number of sulfonamides is 1. The minimum absolute atomic E-state index is 0.0593. The van der Waals surface area contributed by atoms with Crippen LogP contribution < -0.4 is 0 Å². The molecule has 0 bridgehead atoms. The van der Waals surface area contributed by atoms with Gasteiger partial charge in [0.2, 0.25) is 0 Å². The van der Waals surface area contributed by atoms with Gasteiger partial charge in [-0.3, -0.25) is 10.1 Å². The van der Waals surface area contributed by atoms with Crippen LogP contribution in [0.2, 0.25) is 4.34 Å². The Morgan fingerprint density at radius 1 is 1.45 bits per heavy atom. The molecule has 0 aromatic carbocycles. The number of nitro groups is 1. The highest BCUT2D eigenvalue weighted by molar-refractivity contribution is 7.91. The summed E-state index contributed by atoms with van der Waals surface area (Å²) in [6, 6.07) is 1.05. The van der Waals surface area contributed by atoms with Crippen molar-refractivity contribution in [1.29, 1.82) is 0 Å². The van der Waals surface area contributed by atoms with E-state index in [0.29, 0.717) is 19.0 Å². The van der Waals surface area contributed by atoms with E-state index in [9.17, 15) is 18.5 Å². The largest absolute Gasteiger partial charge is 0.300 e. The molecule has 2 atom stereocenters. The van der Waals surface area contributed by atoms with Crippen LogP contribution in [0.4, 0.5) is 5.69 Å². The Morgan fingerprint density at radius 2 is 2.10 bits per heavy atom. The SMILES string of the molecule is CC1CCN(S(=O)(=O)c2cc([N+](=O)[O-])c(Cl)s2)CC1C. The summed E-state index contributed by atoms with van der Waals surface area (Å²) < 4.78 is 26.2. The van der Waals surface area contributed by atoms with Gasteiger partial charge in [-0.15, -0.1) is 11.3 Å². The Hall–Kier alpha value is -0.700. The second-order valence-electron chi connectivity index (χ2n) is 5.09. The molecule has 0 amide bonds. The average Bonchev–Trinajstić information content (AvgIpc) is 2.75. The lowest BCUT2D eigenvalue weighted by Gasteiger charge is -2.33. The molecular weight excluding hydrogens is 324 g/mol. The zero-order chi connectivity index (χ0) is 15.1. The van der Waals surface area contributed by atoms with E-state index >= 15 is 0 Å². The number of nitrogens with zero attached hydrogens (tertiary/aromatic N) is 2. The van der Waals surface area contributed by atoms with Crippen LogP contribution in [0.25, 0.3) is 0 Å². The number of piperidine rings is 1. The fourth-order valence-corrected chi connectivity index (χ4v) is 5.54. The molecule has 1 aliphatic rings. The molecule has 20 heavy (non-hydrogen) atoms. The van der Waals surface area contributed by atoms with E-state index in [1.54, 1.807) is 0 Å². The molecule has 1 aromatic rings. The van der Waals surface area contributed by atoms with Crippen molar-refractivity contribution < 1.29 is 13.3 Å². The second-order valence-corrected chi connectivity index (χ2v) is 8.91.